The van der Waals surface area contributed by atoms with E-state index in [1.54, 1.807) is 31.2 Å². The lowest BCUT2D eigenvalue weighted by molar-refractivity contribution is 0.0526. The second-order valence-corrected chi connectivity index (χ2v) is 11.1. The molecule has 0 spiro atoms. The normalized spacial score (nSPS) is 12.1. The monoisotopic (exact) mass is 484 g/mol. The van der Waals surface area contributed by atoms with Crippen LogP contribution in [0.15, 0.2) is 82.7 Å². The number of aromatic nitrogens is 2. The fourth-order valence-electron chi connectivity index (χ4n) is 3.41. The van der Waals surface area contributed by atoms with Gasteiger partial charge in [0, 0.05) is 17.8 Å². The molecule has 0 bridgehead atoms. The van der Waals surface area contributed by atoms with Crippen LogP contribution in [0.2, 0.25) is 0 Å². The molecule has 0 aliphatic rings. The maximum absolute atomic E-state index is 13.6. The van der Waals surface area contributed by atoms with Gasteiger partial charge in [-0.2, -0.15) is 0 Å². The van der Waals surface area contributed by atoms with Gasteiger partial charge < -0.3 is 4.74 Å². The maximum atomic E-state index is 13.6. The maximum Gasteiger partial charge on any atom is 0.339 e. The highest BCUT2D eigenvalue weighted by atomic mass is 32.2. The summed E-state index contributed by atoms with van der Waals surface area (Å²) in [6.07, 6.45) is 2.40. The molecule has 2 aromatic heterocycles. The van der Waals surface area contributed by atoms with Gasteiger partial charge in [-0.1, -0.05) is 18.2 Å². The lowest BCUT2D eigenvalue weighted by Gasteiger charge is -2.12. The highest BCUT2D eigenvalue weighted by Crippen LogP contribution is 2.32. The Kier molecular flexibility index (Phi) is 5.81. The van der Waals surface area contributed by atoms with Crippen LogP contribution >= 0.6 is 0 Å². The first-order chi connectivity index (χ1) is 15.6. The number of nitrogens with zero attached hydrogens (tertiary/aromatic N) is 2. The SMILES string of the molecule is CCOC(=O)c1ccc(-c2cc3cc(S(C)(=O)=O)ccc3n2S(=O)(=O)c2ccccc2)nc1. The number of pyridine rings is 1. The average Bonchev–Trinajstić information content (AvgIpc) is 3.19. The Labute approximate surface area is 191 Å². The number of carbonyl (C=O) groups is 1. The molecule has 0 N–H and O–H groups in total. The van der Waals surface area contributed by atoms with Gasteiger partial charge in [0.05, 0.1) is 38.9 Å². The lowest BCUT2D eigenvalue weighted by atomic mass is 10.2. The van der Waals surface area contributed by atoms with E-state index in [4.69, 9.17) is 4.74 Å². The predicted octanol–water partition coefficient (Wildman–Crippen LogP) is 3.52. The van der Waals surface area contributed by atoms with Crippen LogP contribution in [0.5, 0.6) is 0 Å². The van der Waals surface area contributed by atoms with E-state index in [2.05, 4.69) is 4.98 Å². The molecule has 10 heteroatoms. The van der Waals surface area contributed by atoms with Crippen LogP contribution in [0.3, 0.4) is 0 Å². The van der Waals surface area contributed by atoms with Crippen molar-refractivity contribution in [1.29, 1.82) is 0 Å². The van der Waals surface area contributed by atoms with Gasteiger partial charge in [0.1, 0.15) is 0 Å². The minimum absolute atomic E-state index is 0.0686. The van der Waals surface area contributed by atoms with Crippen molar-refractivity contribution < 1.29 is 26.4 Å². The number of sulfone groups is 1. The summed E-state index contributed by atoms with van der Waals surface area (Å²) in [6, 6.07) is 16.8. The zero-order valence-electron chi connectivity index (χ0n) is 17.8. The minimum Gasteiger partial charge on any atom is -0.462 e. The summed E-state index contributed by atoms with van der Waals surface area (Å²) in [7, 11) is -7.55. The second-order valence-electron chi connectivity index (χ2n) is 7.26. The number of rotatable bonds is 6. The van der Waals surface area contributed by atoms with Crippen molar-refractivity contribution in [3.63, 3.8) is 0 Å². The molecule has 4 rings (SSSR count). The van der Waals surface area contributed by atoms with Gasteiger partial charge in [-0.3, -0.25) is 4.98 Å². The summed E-state index contributed by atoms with van der Waals surface area (Å²) < 4.78 is 57.3. The van der Waals surface area contributed by atoms with Gasteiger partial charge in [0.15, 0.2) is 9.84 Å². The molecule has 170 valence electrons. The quantitative estimate of drug-likeness (QED) is 0.385. The zero-order valence-corrected chi connectivity index (χ0v) is 19.4. The van der Waals surface area contributed by atoms with Gasteiger partial charge >= 0.3 is 5.97 Å². The highest BCUT2D eigenvalue weighted by molar-refractivity contribution is 7.90. The first-order valence-corrected chi connectivity index (χ1v) is 13.3. The van der Waals surface area contributed by atoms with Crippen LogP contribution in [-0.2, 0) is 24.6 Å². The van der Waals surface area contributed by atoms with E-state index in [1.807, 2.05) is 0 Å². The van der Waals surface area contributed by atoms with Crippen LogP contribution in [0.1, 0.15) is 17.3 Å². The van der Waals surface area contributed by atoms with Gasteiger partial charge in [-0.05, 0) is 55.5 Å². The molecule has 0 amide bonds. The number of carbonyl (C=O) groups excluding carboxylic acids is 1. The fourth-order valence-corrected chi connectivity index (χ4v) is 5.61. The van der Waals surface area contributed by atoms with Crippen molar-refractivity contribution in [2.24, 2.45) is 0 Å². The average molecular weight is 485 g/mol. The van der Waals surface area contributed by atoms with Crippen LogP contribution in [0.25, 0.3) is 22.3 Å². The summed E-state index contributed by atoms with van der Waals surface area (Å²) in [5, 5.41) is 0.420. The number of hydrogen-bond acceptors (Lipinski definition) is 7. The third-order valence-electron chi connectivity index (χ3n) is 4.98. The molecule has 0 saturated carbocycles. The molecular formula is C23H20N2O6S2. The van der Waals surface area contributed by atoms with Crippen molar-refractivity contribution in [3.05, 3.63) is 78.5 Å². The molecule has 0 aliphatic carbocycles. The first kappa shape index (κ1) is 22.7. The number of ether oxygens (including phenoxy) is 1. The molecule has 0 radical (unpaired) electrons. The summed E-state index contributed by atoms with van der Waals surface area (Å²) in [5.41, 5.74) is 1.06. The van der Waals surface area contributed by atoms with Crippen molar-refractivity contribution in [2.45, 2.75) is 16.7 Å². The zero-order chi connectivity index (χ0) is 23.8. The van der Waals surface area contributed by atoms with E-state index < -0.39 is 25.8 Å². The van der Waals surface area contributed by atoms with E-state index in [1.165, 1.54) is 48.7 Å². The molecule has 4 aromatic rings. The molecule has 0 fully saturated rings. The van der Waals surface area contributed by atoms with E-state index in [0.717, 1.165) is 10.2 Å². The van der Waals surface area contributed by atoms with Gasteiger partial charge in [0.25, 0.3) is 10.0 Å². The first-order valence-electron chi connectivity index (χ1n) is 9.92. The van der Waals surface area contributed by atoms with E-state index in [-0.39, 0.29) is 27.7 Å². The Morgan fingerprint density at radius 3 is 2.27 bits per heavy atom. The second kappa shape index (κ2) is 8.45. The standard InChI is InChI=1S/C23H20N2O6S2/c1-3-31-23(26)16-9-11-20(24-15-16)22-14-17-13-19(32(2,27)28)10-12-21(17)25(22)33(29,30)18-7-5-4-6-8-18/h4-15H,3H2,1-2H3. The van der Waals surface area contributed by atoms with Crippen LogP contribution in [0.4, 0.5) is 0 Å². The van der Waals surface area contributed by atoms with Crippen molar-refractivity contribution in [1.82, 2.24) is 8.96 Å². The van der Waals surface area contributed by atoms with Gasteiger partial charge in [0.2, 0.25) is 0 Å². The predicted molar refractivity (Wildman–Crippen MR) is 123 cm³/mol. The van der Waals surface area contributed by atoms with Crippen LogP contribution in [0, 0.1) is 0 Å². The third kappa shape index (κ3) is 4.27. The Balaban J connectivity index is 1.97. The molecule has 2 aromatic carbocycles. The summed E-state index contributed by atoms with van der Waals surface area (Å²) >= 11 is 0. The number of benzene rings is 2. The summed E-state index contributed by atoms with van der Waals surface area (Å²) in [5.74, 6) is -0.535. The largest absolute Gasteiger partial charge is 0.462 e. The highest BCUT2D eigenvalue weighted by Gasteiger charge is 2.25. The smallest absolute Gasteiger partial charge is 0.339 e. The van der Waals surface area contributed by atoms with Crippen molar-refractivity contribution >= 4 is 36.7 Å². The van der Waals surface area contributed by atoms with Gasteiger partial charge in [-0.25, -0.2) is 25.6 Å². The van der Waals surface area contributed by atoms with Gasteiger partial charge in [-0.15, -0.1) is 0 Å². The van der Waals surface area contributed by atoms with Crippen molar-refractivity contribution in [3.8, 4) is 11.4 Å². The summed E-state index contributed by atoms with van der Waals surface area (Å²) in [4.78, 5) is 16.4. The van der Waals surface area contributed by atoms with Crippen molar-refractivity contribution in [2.75, 3.05) is 12.9 Å². The Morgan fingerprint density at radius 1 is 0.939 bits per heavy atom. The molecular weight excluding hydrogens is 464 g/mol. The molecule has 0 atom stereocenters. The molecule has 33 heavy (non-hydrogen) atoms. The summed E-state index contributed by atoms with van der Waals surface area (Å²) in [6.45, 7) is 1.91. The number of esters is 1. The Bertz CT molecular complexity index is 1560. The number of hydrogen-bond donors (Lipinski definition) is 0. The van der Waals surface area contributed by atoms with E-state index >= 15 is 0 Å². The van der Waals surface area contributed by atoms with E-state index in [9.17, 15) is 21.6 Å². The topological polar surface area (TPSA) is 112 Å². The third-order valence-corrected chi connectivity index (χ3v) is 7.83. The Morgan fingerprint density at radius 2 is 1.67 bits per heavy atom. The minimum atomic E-state index is -4.05. The van der Waals surface area contributed by atoms with Crippen LogP contribution < -0.4 is 0 Å². The van der Waals surface area contributed by atoms with Crippen LogP contribution in [-0.4, -0.2) is 44.6 Å². The molecule has 8 nitrogen and oxygen atoms in total. The van der Waals surface area contributed by atoms with E-state index in [0.29, 0.717) is 16.6 Å². The number of fused-ring (bicyclic) bond motifs is 1. The molecule has 2 heterocycles. The molecule has 0 unspecified atom stereocenters. The molecule has 0 saturated heterocycles. The fraction of sp³-hybridized carbons (Fsp3) is 0.130. The lowest BCUT2D eigenvalue weighted by Crippen LogP contribution is -2.14. The Hall–Kier alpha value is -3.50. The molecule has 0 aliphatic heterocycles.